The van der Waals surface area contributed by atoms with Crippen molar-refractivity contribution in [2.24, 2.45) is 5.92 Å². The fourth-order valence-corrected chi connectivity index (χ4v) is 3.86. The highest BCUT2D eigenvalue weighted by Gasteiger charge is 2.22. The number of hydrogen-bond acceptors (Lipinski definition) is 4. The van der Waals surface area contributed by atoms with Crippen molar-refractivity contribution >= 4 is 11.6 Å². The highest BCUT2D eigenvalue weighted by molar-refractivity contribution is 5.76. The first-order valence-corrected chi connectivity index (χ1v) is 9.68. The van der Waals surface area contributed by atoms with Gasteiger partial charge >= 0.3 is 0 Å². The van der Waals surface area contributed by atoms with Gasteiger partial charge in [0, 0.05) is 38.1 Å². The van der Waals surface area contributed by atoms with Crippen LogP contribution in [0.15, 0.2) is 48.9 Å². The van der Waals surface area contributed by atoms with Crippen LogP contribution in [-0.2, 0) is 17.9 Å². The smallest absolute Gasteiger partial charge is 0.220 e. The lowest BCUT2D eigenvalue weighted by atomic mass is 9.94. The molecule has 1 amide bonds. The van der Waals surface area contributed by atoms with Gasteiger partial charge in [-0.2, -0.15) is 4.39 Å². The van der Waals surface area contributed by atoms with Crippen LogP contribution >= 0.6 is 0 Å². The van der Waals surface area contributed by atoms with E-state index in [1.165, 1.54) is 12.3 Å². The van der Waals surface area contributed by atoms with E-state index in [0.29, 0.717) is 25.4 Å². The van der Waals surface area contributed by atoms with Crippen molar-refractivity contribution < 1.29 is 9.18 Å². The Morgan fingerprint density at radius 3 is 3.11 bits per heavy atom. The minimum Gasteiger partial charge on any atom is -0.350 e. The number of nitrogens with one attached hydrogen (secondary N) is 1. The van der Waals surface area contributed by atoms with Crippen LogP contribution in [0.4, 0.5) is 4.39 Å². The summed E-state index contributed by atoms with van der Waals surface area (Å²) in [5, 5.41) is 2.99. The van der Waals surface area contributed by atoms with Gasteiger partial charge in [-0.3, -0.25) is 9.69 Å². The fraction of sp³-hybridized carbons (Fsp3) is 0.381. The summed E-state index contributed by atoms with van der Waals surface area (Å²) in [6.45, 7) is 2.96. The molecular formula is C21H24FN5O. The molecule has 1 fully saturated rings. The molecule has 1 N–H and O–H groups in total. The third-order valence-electron chi connectivity index (χ3n) is 5.15. The molecule has 1 saturated heterocycles. The van der Waals surface area contributed by atoms with Crippen LogP contribution < -0.4 is 5.32 Å². The van der Waals surface area contributed by atoms with E-state index in [1.807, 2.05) is 41.1 Å². The Hall–Kier alpha value is -2.80. The number of nitrogens with zero attached hydrogens (tertiary/aromatic N) is 4. The number of carbonyl (C=O) groups is 1. The Morgan fingerprint density at radius 2 is 2.25 bits per heavy atom. The SMILES string of the molecule is O=C(C[C@H]1CCCN(Cc2ccnc(F)c2)C1)NCc1cn2ccccc2n1. The number of halogens is 1. The molecule has 28 heavy (non-hydrogen) atoms. The van der Waals surface area contributed by atoms with Crippen molar-refractivity contribution in [3.05, 3.63) is 66.1 Å². The molecule has 0 spiro atoms. The molecule has 1 atom stereocenters. The van der Waals surface area contributed by atoms with Crippen molar-refractivity contribution in [3.8, 4) is 0 Å². The van der Waals surface area contributed by atoms with Crippen molar-refractivity contribution in [3.63, 3.8) is 0 Å². The van der Waals surface area contributed by atoms with Gasteiger partial charge in [-0.25, -0.2) is 9.97 Å². The highest BCUT2D eigenvalue weighted by atomic mass is 19.1. The van der Waals surface area contributed by atoms with Crippen LogP contribution in [0, 0.1) is 11.9 Å². The van der Waals surface area contributed by atoms with Gasteiger partial charge in [0.15, 0.2) is 0 Å². The molecule has 0 radical (unpaired) electrons. The third-order valence-corrected chi connectivity index (χ3v) is 5.15. The number of amides is 1. The molecule has 1 aliphatic rings. The molecule has 0 unspecified atom stereocenters. The number of pyridine rings is 2. The number of likely N-dealkylation sites (tertiary alicyclic amines) is 1. The van der Waals surface area contributed by atoms with Gasteiger partial charge in [0.2, 0.25) is 11.9 Å². The Bertz CT molecular complexity index is 924. The summed E-state index contributed by atoms with van der Waals surface area (Å²) in [7, 11) is 0. The second-order valence-electron chi connectivity index (χ2n) is 7.41. The minimum absolute atomic E-state index is 0.0545. The lowest BCUT2D eigenvalue weighted by Crippen LogP contribution is -2.37. The predicted octanol–water partition coefficient (Wildman–Crippen LogP) is 2.79. The van der Waals surface area contributed by atoms with E-state index in [2.05, 4.69) is 20.2 Å². The van der Waals surface area contributed by atoms with E-state index in [9.17, 15) is 9.18 Å². The molecular weight excluding hydrogens is 357 g/mol. The molecule has 0 aromatic carbocycles. The quantitative estimate of drug-likeness (QED) is 0.667. The lowest BCUT2D eigenvalue weighted by molar-refractivity contribution is -0.122. The Labute approximate surface area is 163 Å². The molecule has 3 aromatic rings. The number of fused-ring (bicyclic) bond motifs is 1. The van der Waals surface area contributed by atoms with E-state index in [4.69, 9.17) is 0 Å². The number of rotatable bonds is 6. The number of carbonyl (C=O) groups excluding carboxylic acids is 1. The minimum atomic E-state index is -0.447. The Kier molecular flexibility index (Phi) is 5.62. The van der Waals surface area contributed by atoms with Gasteiger partial charge in [-0.1, -0.05) is 6.07 Å². The second kappa shape index (κ2) is 8.48. The molecule has 1 aliphatic heterocycles. The molecule has 6 nitrogen and oxygen atoms in total. The second-order valence-corrected chi connectivity index (χ2v) is 7.41. The highest BCUT2D eigenvalue weighted by Crippen LogP contribution is 2.21. The van der Waals surface area contributed by atoms with Gasteiger partial charge < -0.3 is 9.72 Å². The van der Waals surface area contributed by atoms with Crippen molar-refractivity contribution in [2.75, 3.05) is 13.1 Å². The van der Waals surface area contributed by atoms with Crippen LogP contribution in [0.5, 0.6) is 0 Å². The topological polar surface area (TPSA) is 62.5 Å². The van der Waals surface area contributed by atoms with Crippen LogP contribution in [0.25, 0.3) is 5.65 Å². The zero-order chi connectivity index (χ0) is 19.3. The van der Waals surface area contributed by atoms with Crippen LogP contribution in [0.3, 0.4) is 0 Å². The summed E-state index contributed by atoms with van der Waals surface area (Å²) in [6, 6.07) is 9.15. The molecule has 7 heteroatoms. The molecule has 146 valence electrons. The summed E-state index contributed by atoms with van der Waals surface area (Å²) in [4.78, 5) is 22.8. The molecule has 0 aliphatic carbocycles. The van der Waals surface area contributed by atoms with E-state index < -0.39 is 5.95 Å². The molecule has 4 rings (SSSR count). The van der Waals surface area contributed by atoms with Crippen LogP contribution in [-0.4, -0.2) is 38.3 Å². The normalized spacial score (nSPS) is 17.7. The maximum atomic E-state index is 13.3. The molecule has 3 aromatic heterocycles. The first kappa shape index (κ1) is 18.6. The number of piperidine rings is 1. The van der Waals surface area contributed by atoms with E-state index in [-0.39, 0.29) is 5.91 Å². The Morgan fingerprint density at radius 1 is 1.32 bits per heavy atom. The zero-order valence-electron chi connectivity index (χ0n) is 15.7. The standard InChI is InChI=1S/C21H24FN5O/c22-19-10-17(6-7-23-19)14-26-8-3-4-16(13-26)11-21(28)24-12-18-15-27-9-2-1-5-20(27)25-18/h1-2,5-7,9-10,15-16H,3-4,8,11-14H2,(H,24,28)/t16-/m1/s1. The maximum Gasteiger partial charge on any atom is 0.220 e. The Balaban J connectivity index is 1.26. The van der Waals surface area contributed by atoms with E-state index in [0.717, 1.165) is 42.8 Å². The third kappa shape index (κ3) is 4.72. The number of aromatic nitrogens is 3. The van der Waals surface area contributed by atoms with Crippen molar-refractivity contribution in [1.82, 2.24) is 24.6 Å². The molecule has 4 heterocycles. The first-order valence-electron chi connectivity index (χ1n) is 9.68. The van der Waals surface area contributed by atoms with Crippen molar-refractivity contribution in [2.45, 2.75) is 32.4 Å². The molecule has 0 saturated carbocycles. The monoisotopic (exact) mass is 381 g/mol. The largest absolute Gasteiger partial charge is 0.350 e. The van der Waals surface area contributed by atoms with Gasteiger partial charge in [-0.15, -0.1) is 0 Å². The summed E-state index contributed by atoms with van der Waals surface area (Å²) in [5.41, 5.74) is 2.65. The lowest BCUT2D eigenvalue weighted by Gasteiger charge is -2.32. The average molecular weight is 381 g/mol. The fourth-order valence-electron chi connectivity index (χ4n) is 3.86. The molecule has 0 bridgehead atoms. The predicted molar refractivity (Wildman–Crippen MR) is 104 cm³/mol. The zero-order valence-corrected chi connectivity index (χ0v) is 15.7. The van der Waals surface area contributed by atoms with Crippen molar-refractivity contribution in [1.29, 1.82) is 0 Å². The summed E-state index contributed by atoms with van der Waals surface area (Å²) in [5.74, 6) is -0.0715. The summed E-state index contributed by atoms with van der Waals surface area (Å²) < 4.78 is 15.2. The first-order chi connectivity index (χ1) is 13.7. The van der Waals surface area contributed by atoms with Gasteiger partial charge in [0.05, 0.1) is 12.2 Å². The van der Waals surface area contributed by atoms with Crippen LogP contribution in [0.1, 0.15) is 30.5 Å². The van der Waals surface area contributed by atoms with Gasteiger partial charge in [-0.05, 0) is 55.1 Å². The number of hydrogen-bond donors (Lipinski definition) is 1. The summed E-state index contributed by atoms with van der Waals surface area (Å²) in [6.07, 6.45) is 7.99. The maximum absolute atomic E-state index is 13.3. The van der Waals surface area contributed by atoms with Gasteiger partial charge in [0.25, 0.3) is 0 Å². The van der Waals surface area contributed by atoms with E-state index in [1.54, 1.807) is 0 Å². The van der Waals surface area contributed by atoms with Crippen LogP contribution in [0.2, 0.25) is 0 Å². The van der Waals surface area contributed by atoms with E-state index >= 15 is 0 Å². The summed E-state index contributed by atoms with van der Waals surface area (Å²) >= 11 is 0. The number of imidazole rings is 1. The van der Waals surface area contributed by atoms with Gasteiger partial charge in [0.1, 0.15) is 5.65 Å². The average Bonchev–Trinajstić information content (AvgIpc) is 3.10.